The van der Waals surface area contributed by atoms with Gasteiger partial charge in [-0.25, -0.2) is 0 Å². The van der Waals surface area contributed by atoms with Crippen molar-refractivity contribution in [2.75, 3.05) is 13.7 Å². The number of thioether (sulfide) groups is 1. The Balaban J connectivity index is 1.79. The van der Waals surface area contributed by atoms with E-state index in [0.717, 1.165) is 22.3 Å². The van der Waals surface area contributed by atoms with Crippen LogP contribution in [0.3, 0.4) is 0 Å². The summed E-state index contributed by atoms with van der Waals surface area (Å²) in [6, 6.07) is 9.77. The van der Waals surface area contributed by atoms with E-state index in [2.05, 4.69) is 5.43 Å². The summed E-state index contributed by atoms with van der Waals surface area (Å²) >= 11 is 18.2. The standard InChI is InChI=1S/C20H16Cl2N2O4S2/c1-3-28-15-7-4-11(8-16(15)27-2)9-17-19(26)24(20(29)30-17)23-18(25)13-6-5-12(21)10-14(13)22/h4-10H,3H2,1-2H3,(H,23,25). The Morgan fingerprint density at radius 1 is 1.23 bits per heavy atom. The van der Waals surface area contributed by atoms with E-state index in [1.165, 1.54) is 18.2 Å². The minimum atomic E-state index is -0.572. The second kappa shape index (κ2) is 9.70. The maximum atomic E-state index is 12.8. The number of carbonyl (C=O) groups excluding carboxylic acids is 2. The average Bonchev–Trinajstić information content (AvgIpc) is 2.96. The lowest BCUT2D eigenvalue weighted by molar-refractivity contribution is -0.123. The first kappa shape index (κ1) is 22.4. The molecule has 6 nitrogen and oxygen atoms in total. The predicted octanol–water partition coefficient (Wildman–Crippen LogP) is 4.95. The van der Waals surface area contributed by atoms with Crippen molar-refractivity contribution in [3.05, 3.63) is 62.5 Å². The van der Waals surface area contributed by atoms with Gasteiger partial charge in [-0.05, 0) is 61.1 Å². The molecule has 0 aromatic heterocycles. The van der Waals surface area contributed by atoms with E-state index in [-0.39, 0.29) is 14.9 Å². The molecular weight excluding hydrogens is 467 g/mol. The van der Waals surface area contributed by atoms with Crippen LogP contribution >= 0.6 is 47.2 Å². The zero-order valence-electron chi connectivity index (χ0n) is 15.9. The number of hydrogen-bond donors (Lipinski definition) is 1. The minimum absolute atomic E-state index is 0.169. The van der Waals surface area contributed by atoms with Crippen LogP contribution in [-0.4, -0.2) is 34.9 Å². The van der Waals surface area contributed by atoms with Crippen LogP contribution in [0.5, 0.6) is 11.5 Å². The number of hydrogen-bond acceptors (Lipinski definition) is 6. The Kier molecular flexibility index (Phi) is 7.25. The Hall–Kier alpha value is -2.26. The van der Waals surface area contributed by atoms with E-state index in [1.54, 1.807) is 31.4 Å². The lowest BCUT2D eigenvalue weighted by Gasteiger charge is -2.16. The molecule has 1 fully saturated rings. The highest BCUT2D eigenvalue weighted by Gasteiger charge is 2.34. The molecule has 156 valence electrons. The van der Waals surface area contributed by atoms with Gasteiger partial charge in [0.2, 0.25) is 0 Å². The molecule has 0 saturated carbocycles. The third-order valence-corrected chi connectivity index (χ3v) is 5.82. The molecule has 0 spiro atoms. The van der Waals surface area contributed by atoms with Crippen molar-refractivity contribution in [1.82, 2.24) is 10.4 Å². The maximum absolute atomic E-state index is 12.8. The van der Waals surface area contributed by atoms with Crippen molar-refractivity contribution >= 4 is 69.4 Å². The third kappa shape index (κ3) is 4.89. The molecule has 0 aliphatic carbocycles. The zero-order chi connectivity index (χ0) is 21.8. The number of halogens is 2. The van der Waals surface area contributed by atoms with Crippen LogP contribution in [-0.2, 0) is 4.79 Å². The highest BCUT2D eigenvalue weighted by molar-refractivity contribution is 8.26. The third-order valence-electron chi connectivity index (χ3n) is 3.97. The molecule has 0 radical (unpaired) electrons. The first-order valence-corrected chi connectivity index (χ1v) is 10.7. The molecule has 3 rings (SSSR count). The SMILES string of the molecule is CCOc1ccc(C=C2SC(=S)N(NC(=O)c3ccc(Cl)cc3Cl)C2=O)cc1OC. The van der Waals surface area contributed by atoms with Crippen molar-refractivity contribution in [1.29, 1.82) is 0 Å². The molecular formula is C20H16Cl2N2O4S2. The number of hydrazine groups is 1. The minimum Gasteiger partial charge on any atom is -0.493 e. The molecule has 2 amide bonds. The molecule has 1 N–H and O–H groups in total. The van der Waals surface area contributed by atoms with Gasteiger partial charge in [-0.15, -0.1) is 0 Å². The van der Waals surface area contributed by atoms with E-state index < -0.39 is 11.8 Å². The number of rotatable bonds is 6. The quantitative estimate of drug-likeness (QED) is 0.464. The van der Waals surface area contributed by atoms with Crippen molar-refractivity contribution in [3.8, 4) is 11.5 Å². The molecule has 2 aromatic rings. The van der Waals surface area contributed by atoms with Crippen molar-refractivity contribution < 1.29 is 19.1 Å². The average molecular weight is 483 g/mol. The molecule has 1 heterocycles. The number of amides is 2. The topological polar surface area (TPSA) is 67.9 Å². The van der Waals surface area contributed by atoms with Gasteiger partial charge in [-0.2, -0.15) is 5.01 Å². The molecule has 1 saturated heterocycles. The summed E-state index contributed by atoms with van der Waals surface area (Å²) in [6.45, 7) is 2.38. The van der Waals surface area contributed by atoms with Crippen LogP contribution in [0.4, 0.5) is 0 Å². The van der Waals surface area contributed by atoms with Gasteiger partial charge in [0.05, 0.1) is 29.2 Å². The number of nitrogens with zero attached hydrogens (tertiary/aromatic N) is 1. The predicted molar refractivity (Wildman–Crippen MR) is 123 cm³/mol. The first-order chi connectivity index (χ1) is 14.3. The smallest absolute Gasteiger partial charge is 0.285 e. The summed E-state index contributed by atoms with van der Waals surface area (Å²) in [5, 5.41) is 1.59. The summed E-state index contributed by atoms with van der Waals surface area (Å²) in [4.78, 5) is 25.6. The Morgan fingerprint density at radius 3 is 2.67 bits per heavy atom. The van der Waals surface area contributed by atoms with Gasteiger partial charge in [0.1, 0.15) is 0 Å². The molecule has 0 bridgehead atoms. The number of thiocarbonyl (C=S) groups is 1. The molecule has 1 aliphatic rings. The Morgan fingerprint density at radius 2 is 2.00 bits per heavy atom. The van der Waals surface area contributed by atoms with E-state index in [1.807, 2.05) is 6.92 Å². The van der Waals surface area contributed by atoms with Gasteiger partial charge in [0.15, 0.2) is 15.8 Å². The van der Waals surface area contributed by atoms with Crippen LogP contribution in [0.2, 0.25) is 10.0 Å². The molecule has 10 heteroatoms. The van der Waals surface area contributed by atoms with Gasteiger partial charge >= 0.3 is 0 Å². The summed E-state index contributed by atoms with van der Waals surface area (Å²) in [5.41, 5.74) is 3.39. The van der Waals surface area contributed by atoms with E-state index in [4.69, 9.17) is 44.9 Å². The van der Waals surface area contributed by atoms with Gasteiger partial charge < -0.3 is 9.47 Å². The largest absolute Gasteiger partial charge is 0.493 e. The Bertz CT molecular complexity index is 1060. The van der Waals surface area contributed by atoms with Gasteiger partial charge in [0, 0.05) is 5.02 Å². The van der Waals surface area contributed by atoms with E-state index in [9.17, 15) is 9.59 Å². The number of carbonyl (C=O) groups is 2. The van der Waals surface area contributed by atoms with Crippen molar-refractivity contribution in [2.45, 2.75) is 6.92 Å². The second-order valence-electron chi connectivity index (χ2n) is 5.93. The van der Waals surface area contributed by atoms with Crippen LogP contribution < -0.4 is 14.9 Å². The van der Waals surface area contributed by atoms with Crippen LogP contribution in [0, 0.1) is 0 Å². The molecule has 1 aliphatic heterocycles. The molecule has 0 atom stereocenters. The van der Waals surface area contributed by atoms with Crippen molar-refractivity contribution in [2.24, 2.45) is 0 Å². The number of nitrogens with one attached hydrogen (secondary N) is 1. The highest BCUT2D eigenvalue weighted by atomic mass is 35.5. The fourth-order valence-electron chi connectivity index (χ4n) is 2.60. The van der Waals surface area contributed by atoms with Crippen LogP contribution in [0.1, 0.15) is 22.8 Å². The van der Waals surface area contributed by atoms with E-state index >= 15 is 0 Å². The normalized spacial score (nSPS) is 14.9. The molecule has 2 aromatic carbocycles. The summed E-state index contributed by atoms with van der Waals surface area (Å²) in [6.07, 6.45) is 1.67. The fourth-order valence-corrected chi connectivity index (χ4v) is 4.27. The number of benzene rings is 2. The lowest BCUT2D eigenvalue weighted by Crippen LogP contribution is -2.44. The first-order valence-electron chi connectivity index (χ1n) is 8.69. The van der Waals surface area contributed by atoms with E-state index in [0.29, 0.717) is 28.0 Å². The monoisotopic (exact) mass is 482 g/mol. The number of methoxy groups -OCH3 is 1. The van der Waals surface area contributed by atoms with Gasteiger partial charge in [0.25, 0.3) is 11.8 Å². The zero-order valence-corrected chi connectivity index (χ0v) is 19.0. The van der Waals surface area contributed by atoms with Crippen LogP contribution in [0.25, 0.3) is 6.08 Å². The lowest BCUT2D eigenvalue weighted by atomic mass is 10.2. The van der Waals surface area contributed by atoms with Crippen molar-refractivity contribution in [3.63, 3.8) is 0 Å². The molecule has 0 unspecified atom stereocenters. The fraction of sp³-hybridized carbons (Fsp3) is 0.150. The van der Waals surface area contributed by atoms with Crippen LogP contribution in [0.15, 0.2) is 41.3 Å². The van der Waals surface area contributed by atoms with Gasteiger partial charge in [-0.1, -0.05) is 41.0 Å². The highest BCUT2D eigenvalue weighted by Crippen LogP contribution is 2.34. The van der Waals surface area contributed by atoms with Gasteiger partial charge in [-0.3, -0.25) is 15.0 Å². The maximum Gasteiger partial charge on any atom is 0.285 e. The second-order valence-corrected chi connectivity index (χ2v) is 8.44. The molecule has 30 heavy (non-hydrogen) atoms. The summed E-state index contributed by atoms with van der Waals surface area (Å²) < 4.78 is 11.0. The summed E-state index contributed by atoms with van der Waals surface area (Å²) in [5.74, 6) is 0.136. The number of ether oxygens (including phenoxy) is 2. The Labute approximate surface area is 193 Å². The summed E-state index contributed by atoms with van der Waals surface area (Å²) in [7, 11) is 1.54.